The van der Waals surface area contributed by atoms with Gasteiger partial charge in [0.05, 0.1) is 12.5 Å². The molecule has 3 aliphatic heterocycles. The zero-order valence-electron chi connectivity index (χ0n) is 12.4. The van der Waals surface area contributed by atoms with Crippen molar-refractivity contribution in [3.8, 4) is 0 Å². The number of hydrogen-bond acceptors (Lipinski definition) is 1. The molecule has 102 valence electrons. The van der Waals surface area contributed by atoms with Crippen LogP contribution in [0.2, 0.25) is 0 Å². The highest BCUT2D eigenvalue weighted by atomic mass is 16.3. The Balaban J connectivity index is 1.74. The summed E-state index contributed by atoms with van der Waals surface area (Å²) in [5, 5.41) is 10.9. The Hall–Kier alpha value is -0.0800. The molecule has 2 heteroatoms. The molecule has 2 nitrogen and oxygen atoms in total. The largest absolute Gasteiger partial charge is 0.383 e. The number of quaternary nitrogens is 1. The van der Waals surface area contributed by atoms with Crippen molar-refractivity contribution in [1.29, 1.82) is 0 Å². The van der Waals surface area contributed by atoms with Gasteiger partial charge in [-0.2, -0.15) is 0 Å². The van der Waals surface area contributed by atoms with Crippen LogP contribution in [-0.2, 0) is 0 Å². The quantitative estimate of drug-likeness (QED) is 0.603. The minimum absolute atomic E-state index is 0.265. The van der Waals surface area contributed by atoms with E-state index in [1.807, 2.05) is 0 Å². The molecule has 0 radical (unpaired) electrons. The molecule has 0 aromatic heterocycles. The normalized spacial score (nSPS) is 62.8. The van der Waals surface area contributed by atoms with Crippen LogP contribution in [0, 0.1) is 17.8 Å². The van der Waals surface area contributed by atoms with Crippen LogP contribution < -0.4 is 0 Å². The third-order valence-electron chi connectivity index (χ3n) is 8.11. The summed E-state index contributed by atoms with van der Waals surface area (Å²) in [6.45, 7) is 11.8. The number of aliphatic hydroxyl groups is 1. The summed E-state index contributed by atoms with van der Waals surface area (Å²) < 4.78 is 1.30. The maximum atomic E-state index is 10.9. The molecule has 6 unspecified atom stereocenters. The summed E-state index contributed by atoms with van der Waals surface area (Å²) in [6.07, 6.45) is 5.12. The lowest BCUT2D eigenvalue weighted by Crippen LogP contribution is -2.87. The van der Waals surface area contributed by atoms with E-state index in [1.165, 1.54) is 36.8 Å². The average molecular weight is 250 g/mol. The second-order valence-electron chi connectivity index (χ2n) is 8.08. The molecule has 4 rings (SSSR count). The van der Waals surface area contributed by atoms with Crippen LogP contribution in [0.15, 0.2) is 0 Å². The molecule has 4 aliphatic rings. The Morgan fingerprint density at radius 3 is 2.67 bits per heavy atom. The first kappa shape index (κ1) is 11.7. The number of rotatable bonds is 3. The van der Waals surface area contributed by atoms with E-state index in [-0.39, 0.29) is 5.54 Å². The molecule has 0 aromatic carbocycles. The maximum absolute atomic E-state index is 10.9. The first-order chi connectivity index (χ1) is 8.39. The van der Waals surface area contributed by atoms with Gasteiger partial charge in [-0.05, 0) is 39.5 Å². The van der Waals surface area contributed by atoms with E-state index in [1.54, 1.807) is 0 Å². The van der Waals surface area contributed by atoms with Gasteiger partial charge in [-0.1, -0.05) is 13.8 Å². The van der Waals surface area contributed by atoms with E-state index in [9.17, 15) is 5.11 Å². The van der Waals surface area contributed by atoms with Gasteiger partial charge in [-0.15, -0.1) is 0 Å². The molecule has 1 aliphatic carbocycles. The monoisotopic (exact) mass is 250 g/mol. The summed E-state index contributed by atoms with van der Waals surface area (Å²) in [5.74, 6) is 2.70. The molecule has 0 amide bonds. The SMILES string of the molecule is CCC1CC2CC3C2(C)[N+]2(C1)CC32[C@@](C)(O)CC. The second-order valence-corrected chi connectivity index (χ2v) is 8.08. The first-order valence-electron chi connectivity index (χ1n) is 7.99. The van der Waals surface area contributed by atoms with E-state index in [0.29, 0.717) is 5.54 Å². The van der Waals surface area contributed by atoms with Crippen molar-refractivity contribution in [1.82, 2.24) is 0 Å². The van der Waals surface area contributed by atoms with Crippen LogP contribution in [0.3, 0.4) is 0 Å². The fraction of sp³-hybridized carbons (Fsp3) is 1.00. The fourth-order valence-electron chi connectivity index (χ4n) is 6.82. The lowest BCUT2D eigenvalue weighted by molar-refractivity contribution is -0.971. The smallest absolute Gasteiger partial charge is 0.187 e. The van der Waals surface area contributed by atoms with Crippen molar-refractivity contribution in [3.63, 3.8) is 0 Å². The van der Waals surface area contributed by atoms with E-state index in [0.717, 1.165) is 24.2 Å². The minimum Gasteiger partial charge on any atom is -0.383 e. The van der Waals surface area contributed by atoms with E-state index < -0.39 is 5.60 Å². The van der Waals surface area contributed by atoms with Crippen molar-refractivity contribution in [3.05, 3.63) is 0 Å². The van der Waals surface area contributed by atoms with Crippen molar-refractivity contribution < 1.29 is 9.59 Å². The van der Waals surface area contributed by atoms with E-state index in [2.05, 4.69) is 27.7 Å². The van der Waals surface area contributed by atoms with Crippen LogP contribution >= 0.6 is 0 Å². The molecule has 0 bridgehead atoms. The highest BCUT2D eigenvalue weighted by molar-refractivity contribution is 5.33. The molecule has 7 atom stereocenters. The first-order valence-corrected chi connectivity index (χ1v) is 7.99. The standard InChI is InChI=1S/C16H28NO/c1-5-11-7-12-8-13-15(12,4)17(9-11)10-16(13,17)14(3,18)6-2/h11-13,18H,5-10H2,1-4H3/q+1/t11?,12?,13?,14-,15?,16?,17?/m0/s1. The van der Waals surface area contributed by atoms with E-state index >= 15 is 0 Å². The van der Waals surface area contributed by atoms with Crippen LogP contribution in [0.5, 0.6) is 0 Å². The van der Waals surface area contributed by atoms with Crippen molar-refractivity contribution in [2.75, 3.05) is 13.1 Å². The van der Waals surface area contributed by atoms with Crippen LogP contribution in [0.1, 0.15) is 53.4 Å². The van der Waals surface area contributed by atoms with Crippen molar-refractivity contribution >= 4 is 0 Å². The summed E-state index contributed by atoms with van der Waals surface area (Å²) in [6, 6.07) is 0. The van der Waals surface area contributed by atoms with Gasteiger partial charge in [0.15, 0.2) is 5.54 Å². The maximum Gasteiger partial charge on any atom is 0.187 e. The molecule has 18 heavy (non-hydrogen) atoms. The molecule has 1 N–H and O–H groups in total. The Labute approximate surface area is 111 Å². The van der Waals surface area contributed by atoms with Gasteiger partial charge >= 0.3 is 0 Å². The topological polar surface area (TPSA) is 20.2 Å². The zero-order valence-corrected chi connectivity index (χ0v) is 12.4. The van der Waals surface area contributed by atoms with Gasteiger partial charge in [-0.3, -0.25) is 0 Å². The molecular formula is C16H28NO+. The fourth-order valence-corrected chi connectivity index (χ4v) is 6.82. The molecule has 3 heterocycles. The zero-order chi connectivity index (χ0) is 13.0. The van der Waals surface area contributed by atoms with Crippen molar-refractivity contribution in [2.45, 2.75) is 70.1 Å². The third kappa shape index (κ3) is 0.791. The van der Waals surface area contributed by atoms with Crippen molar-refractivity contribution in [2.24, 2.45) is 17.8 Å². The average Bonchev–Trinajstić information content (AvgIpc) is 2.93. The van der Waals surface area contributed by atoms with Gasteiger partial charge in [0.2, 0.25) is 0 Å². The molecule has 1 saturated carbocycles. The molecule has 1 spiro atoms. The molecule has 3 saturated heterocycles. The van der Waals surface area contributed by atoms with Gasteiger partial charge in [0.1, 0.15) is 17.7 Å². The van der Waals surface area contributed by atoms with Gasteiger partial charge in [0.25, 0.3) is 0 Å². The summed E-state index contributed by atoms with van der Waals surface area (Å²) in [4.78, 5) is 0. The molecule has 0 aromatic rings. The van der Waals surface area contributed by atoms with Gasteiger partial charge in [0, 0.05) is 11.8 Å². The Morgan fingerprint density at radius 1 is 1.33 bits per heavy atom. The lowest BCUT2D eigenvalue weighted by atomic mass is 9.43. The highest BCUT2D eigenvalue weighted by Crippen LogP contribution is 2.83. The summed E-state index contributed by atoms with van der Waals surface area (Å²) in [5.41, 5.74) is 0.392. The lowest BCUT2D eigenvalue weighted by Gasteiger charge is -2.73. The number of fused-ring (bicyclic) bond motifs is 1. The molecular weight excluding hydrogens is 222 g/mol. The van der Waals surface area contributed by atoms with Crippen LogP contribution in [0.4, 0.5) is 0 Å². The van der Waals surface area contributed by atoms with Crippen LogP contribution in [0.25, 0.3) is 0 Å². The summed E-state index contributed by atoms with van der Waals surface area (Å²) >= 11 is 0. The Morgan fingerprint density at radius 2 is 2.06 bits per heavy atom. The Bertz CT molecular complexity index is 419. The number of piperidine rings is 2. The highest BCUT2D eigenvalue weighted by Gasteiger charge is 3.01. The van der Waals surface area contributed by atoms with Gasteiger partial charge < -0.3 is 9.59 Å². The predicted molar refractivity (Wildman–Crippen MR) is 72.0 cm³/mol. The predicted octanol–water partition coefficient (Wildman–Crippen LogP) is 2.55. The molecule has 4 fully saturated rings. The third-order valence-corrected chi connectivity index (χ3v) is 8.11. The van der Waals surface area contributed by atoms with Gasteiger partial charge in [-0.25, -0.2) is 0 Å². The van der Waals surface area contributed by atoms with Crippen LogP contribution in [-0.4, -0.2) is 39.4 Å². The van der Waals surface area contributed by atoms with E-state index in [4.69, 9.17) is 0 Å². The Kier molecular flexibility index (Phi) is 1.84. The number of nitrogens with zero attached hydrogens (tertiary/aromatic N) is 1. The summed E-state index contributed by atoms with van der Waals surface area (Å²) in [7, 11) is 0. The number of hydrogen-bond donors (Lipinski definition) is 1. The minimum atomic E-state index is -0.433. The second kappa shape index (κ2) is 2.83.